The van der Waals surface area contributed by atoms with Crippen LogP contribution in [0.2, 0.25) is 0 Å². The second kappa shape index (κ2) is 6.54. The van der Waals surface area contributed by atoms with Crippen molar-refractivity contribution in [3.63, 3.8) is 0 Å². The van der Waals surface area contributed by atoms with Crippen LogP contribution in [0.3, 0.4) is 0 Å². The second-order valence-electron chi connectivity index (χ2n) is 7.39. The van der Waals surface area contributed by atoms with Crippen molar-refractivity contribution < 1.29 is 4.79 Å². The Morgan fingerprint density at radius 3 is 2.68 bits per heavy atom. The number of amides is 2. The zero-order valence-corrected chi connectivity index (χ0v) is 14.9. The van der Waals surface area contributed by atoms with Crippen molar-refractivity contribution in [2.24, 2.45) is 13.0 Å². The molecule has 1 unspecified atom stereocenters. The van der Waals surface area contributed by atoms with E-state index in [2.05, 4.69) is 28.5 Å². The van der Waals surface area contributed by atoms with Crippen molar-refractivity contribution >= 4 is 11.7 Å². The summed E-state index contributed by atoms with van der Waals surface area (Å²) in [5.74, 6) is 1.20. The maximum absolute atomic E-state index is 12.5. The van der Waals surface area contributed by atoms with Gasteiger partial charge in [0.05, 0.1) is 23.6 Å². The van der Waals surface area contributed by atoms with Gasteiger partial charge >= 0.3 is 6.03 Å². The van der Waals surface area contributed by atoms with Crippen molar-refractivity contribution in [2.45, 2.75) is 44.6 Å². The Kier molecular flexibility index (Phi) is 4.23. The number of piperidine rings is 1. The number of aromatic nitrogens is 4. The third-order valence-electron chi connectivity index (χ3n) is 5.51. The number of urea groups is 1. The number of nitrogens with zero attached hydrogens (tertiary/aromatic N) is 5. The first-order chi connectivity index (χ1) is 12.1. The predicted molar refractivity (Wildman–Crippen MR) is 95.4 cm³/mol. The first-order valence-electron chi connectivity index (χ1n) is 9.20. The first kappa shape index (κ1) is 16.2. The summed E-state index contributed by atoms with van der Waals surface area (Å²) in [5.41, 5.74) is 1.92. The molecule has 25 heavy (non-hydrogen) atoms. The maximum Gasteiger partial charge on any atom is 0.321 e. The van der Waals surface area contributed by atoms with E-state index < -0.39 is 0 Å². The number of hydrogen-bond acceptors (Lipinski definition) is 3. The molecule has 2 aliphatic rings. The fraction of sp³-hybridized carbons (Fsp3) is 0.611. The van der Waals surface area contributed by atoms with Crippen molar-refractivity contribution in [3.8, 4) is 0 Å². The Balaban J connectivity index is 1.30. The Morgan fingerprint density at radius 2 is 2.04 bits per heavy atom. The zero-order chi connectivity index (χ0) is 17.4. The van der Waals surface area contributed by atoms with E-state index in [-0.39, 0.29) is 6.03 Å². The fourth-order valence-corrected chi connectivity index (χ4v) is 3.65. The molecule has 0 aromatic carbocycles. The van der Waals surface area contributed by atoms with Crippen LogP contribution in [0.4, 0.5) is 10.5 Å². The van der Waals surface area contributed by atoms with E-state index in [1.165, 1.54) is 12.8 Å². The van der Waals surface area contributed by atoms with Crippen LogP contribution in [-0.2, 0) is 7.05 Å². The van der Waals surface area contributed by atoms with E-state index >= 15 is 0 Å². The molecule has 2 aromatic heterocycles. The van der Waals surface area contributed by atoms with Crippen LogP contribution in [-0.4, -0.2) is 43.6 Å². The number of rotatable bonds is 4. The molecule has 0 spiro atoms. The normalized spacial score (nSPS) is 19.8. The van der Waals surface area contributed by atoms with Crippen molar-refractivity contribution in [1.82, 2.24) is 24.5 Å². The van der Waals surface area contributed by atoms with Gasteiger partial charge in [0.2, 0.25) is 0 Å². The zero-order valence-electron chi connectivity index (χ0n) is 14.9. The average Bonchev–Trinajstić information content (AvgIpc) is 3.22. The lowest BCUT2D eigenvalue weighted by Gasteiger charge is -2.31. The molecule has 1 aliphatic heterocycles. The van der Waals surface area contributed by atoms with E-state index in [9.17, 15) is 4.79 Å². The highest BCUT2D eigenvalue weighted by atomic mass is 16.2. The lowest BCUT2D eigenvalue weighted by molar-refractivity contribution is 0.194. The molecule has 0 radical (unpaired) electrons. The van der Waals surface area contributed by atoms with Crippen LogP contribution in [0.5, 0.6) is 0 Å². The molecule has 1 atom stereocenters. The van der Waals surface area contributed by atoms with E-state index in [1.807, 2.05) is 33.7 Å². The summed E-state index contributed by atoms with van der Waals surface area (Å²) in [4.78, 5) is 14.4. The van der Waals surface area contributed by atoms with Gasteiger partial charge in [-0.3, -0.25) is 9.36 Å². The summed E-state index contributed by atoms with van der Waals surface area (Å²) in [6.45, 7) is 3.72. The highest BCUT2D eigenvalue weighted by molar-refractivity contribution is 5.89. The first-order valence-corrected chi connectivity index (χ1v) is 9.20. The van der Waals surface area contributed by atoms with Crippen molar-refractivity contribution in [1.29, 1.82) is 0 Å². The number of aryl methyl sites for hydroxylation is 1. The molecule has 3 heterocycles. The van der Waals surface area contributed by atoms with Gasteiger partial charge in [0, 0.05) is 38.4 Å². The highest BCUT2D eigenvalue weighted by Crippen LogP contribution is 2.39. The van der Waals surface area contributed by atoms with E-state index in [4.69, 9.17) is 0 Å². The molecule has 2 fully saturated rings. The van der Waals surface area contributed by atoms with Crippen molar-refractivity contribution in [2.75, 3.05) is 18.4 Å². The van der Waals surface area contributed by atoms with E-state index in [1.54, 1.807) is 6.20 Å². The van der Waals surface area contributed by atoms with E-state index in [0.717, 1.165) is 43.2 Å². The molecule has 1 aliphatic carbocycles. The molecular formula is C18H26N6O. The van der Waals surface area contributed by atoms with Crippen LogP contribution in [0.25, 0.3) is 0 Å². The van der Waals surface area contributed by atoms with Gasteiger partial charge in [-0.1, -0.05) is 0 Å². The maximum atomic E-state index is 12.5. The molecule has 1 saturated heterocycles. The molecule has 1 saturated carbocycles. The van der Waals surface area contributed by atoms with Gasteiger partial charge in [0.15, 0.2) is 0 Å². The smallest absolute Gasteiger partial charge is 0.321 e. The third kappa shape index (κ3) is 3.55. The molecule has 2 aromatic rings. The summed E-state index contributed by atoms with van der Waals surface area (Å²) >= 11 is 0. The summed E-state index contributed by atoms with van der Waals surface area (Å²) in [6, 6.07) is 2.47. The quantitative estimate of drug-likeness (QED) is 0.929. The number of likely N-dealkylation sites (tertiary alicyclic amines) is 1. The number of hydrogen-bond donors (Lipinski definition) is 1. The van der Waals surface area contributed by atoms with Crippen LogP contribution in [0, 0.1) is 5.92 Å². The number of nitrogens with one attached hydrogen (secondary N) is 1. The topological polar surface area (TPSA) is 68.0 Å². The Hall–Kier alpha value is -2.31. The fourth-order valence-electron chi connectivity index (χ4n) is 3.65. The second-order valence-corrected chi connectivity index (χ2v) is 7.39. The minimum absolute atomic E-state index is 0.0295. The Morgan fingerprint density at radius 1 is 1.28 bits per heavy atom. The van der Waals surface area contributed by atoms with Crippen LogP contribution >= 0.6 is 0 Å². The van der Waals surface area contributed by atoms with Crippen molar-refractivity contribution in [3.05, 3.63) is 30.4 Å². The molecule has 7 nitrogen and oxygen atoms in total. The largest absolute Gasteiger partial charge is 0.324 e. The summed E-state index contributed by atoms with van der Waals surface area (Å²) < 4.78 is 3.81. The van der Waals surface area contributed by atoms with Gasteiger partial charge in [0.1, 0.15) is 0 Å². The number of carbonyl (C=O) groups excluding carboxylic acids is 1. The van der Waals surface area contributed by atoms with Crippen LogP contribution in [0.1, 0.15) is 50.3 Å². The summed E-state index contributed by atoms with van der Waals surface area (Å²) in [6.07, 6.45) is 10.2. The highest BCUT2D eigenvalue weighted by Gasteiger charge is 2.30. The average molecular weight is 342 g/mol. The molecule has 2 amide bonds. The Bertz CT molecular complexity index is 738. The molecular weight excluding hydrogens is 316 g/mol. The SMILES string of the molecule is CC(C1CC1)n1cc(NC(=O)N2CCC(c3ccn(C)n3)CC2)cn1. The van der Waals surface area contributed by atoms with Gasteiger partial charge in [0.25, 0.3) is 0 Å². The predicted octanol–water partition coefficient (Wildman–Crippen LogP) is 3.00. The standard InChI is InChI=1S/C18H26N6O/c1-13(14-3-4-14)24-12-16(11-19-24)20-18(25)23-9-5-15(6-10-23)17-7-8-22(2)21-17/h7-8,11-15H,3-6,9-10H2,1-2H3,(H,20,25). The van der Waals surface area contributed by atoms with Crippen LogP contribution < -0.4 is 5.32 Å². The summed E-state index contributed by atoms with van der Waals surface area (Å²) in [5, 5.41) is 11.9. The molecule has 134 valence electrons. The molecule has 0 bridgehead atoms. The van der Waals surface area contributed by atoms with Crippen LogP contribution in [0.15, 0.2) is 24.7 Å². The van der Waals surface area contributed by atoms with Gasteiger partial charge in [-0.15, -0.1) is 0 Å². The minimum Gasteiger partial charge on any atom is -0.324 e. The van der Waals surface area contributed by atoms with Gasteiger partial charge in [-0.25, -0.2) is 4.79 Å². The van der Waals surface area contributed by atoms with Gasteiger partial charge in [-0.2, -0.15) is 10.2 Å². The lowest BCUT2D eigenvalue weighted by Crippen LogP contribution is -2.40. The van der Waals surface area contributed by atoms with E-state index in [0.29, 0.717) is 12.0 Å². The van der Waals surface area contributed by atoms with Gasteiger partial charge in [-0.05, 0) is 44.6 Å². The number of carbonyl (C=O) groups is 1. The molecule has 7 heteroatoms. The minimum atomic E-state index is -0.0295. The monoisotopic (exact) mass is 342 g/mol. The van der Waals surface area contributed by atoms with Gasteiger partial charge < -0.3 is 10.2 Å². The molecule has 4 rings (SSSR count). The molecule has 1 N–H and O–H groups in total. The lowest BCUT2D eigenvalue weighted by atomic mass is 9.94. The summed E-state index contributed by atoms with van der Waals surface area (Å²) in [7, 11) is 1.94. The number of anilines is 1. The Labute approximate surface area is 148 Å². The third-order valence-corrected chi connectivity index (χ3v) is 5.51.